The minimum atomic E-state index is -4.97. The Labute approximate surface area is 618 Å². The lowest BCUT2D eigenvalue weighted by Crippen LogP contribution is -2.30. The third kappa shape index (κ3) is 75.6. The normalized spacial score (nSPS) is 14.1. The second-order valence-electron chi connectivity index (χ2n) is 30.3. The number of carbonyl (C=O) groups excluding carboxylic acids is 4. The zero-order chi connectivity index (χ0) is 74.4. The highest BCUT2D eigenvalue weighted by Crippen LogP contribution is 2.45. The van der Waals surface area contributed by atoms with Gasteiger partial charge in [-0.2, -0.15) is 0 Å². The van der Waals surface area contributed by atoms with Gasteiger partial charge < -0.3 is 33.8 Å². The summed E-state index contributed by atoms with van der Waals surface area (Å²) >= 11 is 0. The fourth-order valence-electron chi connectivity index (χ4n) is 12.1. The number of unbranched alkanes of at least 4 members (excludes halogenated alkanes) is 43. The average molecular weight is 1480 g/mol. The SMILES string of the molecule is CCCCCC/C=C\C=C/CCCCCCCC(=O)O[C@H](COC(=O)CCCCCCCCCCC(C)C)COP(=O)(O)OC[C@H](O)COP(=O)(O)OC[C@@H](COC(=O)CCCCCCCCCCCCCCCC(C)C)OC(=O)CCCCCCCCCCCCCCCCCCC(C)C. The van der Waals surface area contributed by atoms with Crippen LogP contribution in [0.1, 0.15) is 402 Å². The maximum Gasteiger partial charge on any atom is 0.472 e. The first-order valence-electron chi connectivity index (χ1n) is 41.7. The number of carbonyl (C=O) groups is 4. The molecule has 596 valence electrons. The van der Waals surface area contributed by atoms with E-state index in [9.17, 15) is 43.2 Å². The Morgan fingerprint density at radius 2 is 0.535 bits per heavy atom. The van der Waals surface area contributed by atoms with Gasteiger partial charge in [-0.25, -0.2) is 9.13 Å². The molecule has 0 amide bonds. The van der Waals surface area contributed by atoms with Gasteiger partial charge in [0.25, 0.3) is 0 Å². The monoisotopic (exact) mass is 1480 g/mol. The van der Waals surface area contributed by atoms with Crippen LogP contribution in [0.4, 0.5) is 0 Å². The van der Waals surface area contributed by atoms with E-state index in [-0.39, 0.29) is 25.7 Å². The van der Waals surface area contributed by atoms with Gasteiger partial charge in [-0.15, -0.1) is 0 Å². The maximum atomic E-state index is 13.1. The summed E-state index contributed by atoms with van der Waals surface area (Å²) in [6.07, 6.45) is 63.2. The zero-order valence-electron chi connectivity index (χ0n) is 65.9. The summed E-state index contributed by atoms with van der Waals surface area (Å²) in [6, 6.07) is 0. The third-order valence-electron chi connectivity index (χ3n) is 18.5. The molecule has 0 saturated heterocycles. The van der Waals surface area contributed by atoms with E-state index in [2.05, 4.69) is 72.8 Å². The number of allylic oxidation sites excluding steroid dienone is 4. The van der Waals surface area contributed by atoms with Crippen molar-refractivity contribution in [2.75, 3.05) is 39.6 Å². The molecule has 0 aliphatic heterocycles. The Morgan fingerprint density at radius 3 is 0.802 bits per heavy atom. The van der Waals surface area contributed by atoms with Crippen molar-refractivity contribution in [3.63, 3.8) is 0 Å². The highest BCUT2D eigenvalue weighted by atomic mass is 31.2. The quantitative estimate of drug-likeness (QED) is 0.0169. The van der Waals surface area contributed by atoms with E-state index in [0.717, 1.165) is 127 Å². The first-order valence-corrected chi connectivity index (χ1v) is 44.7. The van der Waals surface area contributed by atoms with Gasteiger partial charge in [0.05, 0.1) is 26.4 Å². The van der Waals surface area contributed by atoms with Crippen molar-refractivity contribution in [3.8, 4) is 0 Å². The number of aliphatic hydroxyl groups excluding tert-OH is 1. The highest BCUT2D eigenvalue weighted by Gasteiger charge is 2.30. The number of hydrogen-bond donors (Lipinski definition) is 3. The Hall–Kier alpha value is -2.46. The molecule has 0 aromatic heterocycles. The predicted molar refractivity (Wildman–Crippen MR) is 414 cm³/mol. The van der Waals surface area contributed by atoms with E-state index in [0.29, 0.717) is 25.7 Å². The maximum absolute atomic E-state index is 13.1. The number of aliphatic hydroxyl groups is 1. The van der Waals surface area contributed by atoms with Crippen LogP contribution in [0.15, 0.2) is 24.3 Å². The molecule has 0 fully saturated rings. The van der Waals surface area contributed by atoms with Gasteiger partial charge in [0.2, 0.25) is 0 Å². The molecule has 19 heteroatoms. The Morgan fingerprint density at radius 1 is 0.307 bits per heavy atom. The molecule has 0 radical (unpaired) electrons. The van der Waals surface area contributed by atoms with Crippen LogP contribution in [0, 0.1) is 17.8 Å². The molecule has 17 nitrogen and oxygen atoms in total. The molecule has 0 aromatic carbocycles. The Bertz CT molecular complexity index is 2050. The minimum absolute atomic E-state index is 0.0844. The summed E-state index contributed by atoms with van der Waals surface area (Å²) < 4.78 is 68.7. The van der Waals surface area contributed by atoms with E-state index >= 15 is 0 Å². The summed E-state index contributed by atoms with van der Waals surface area (Å²) in [4.78, 5) is 73.0. The van der Waals surface area contributed by atoms with Gasteiger partial charge in [0, 0.05) is 25.7 Å². The lowest BCUT2D eigenvalue weighted by molar-refractivity contribution is -0.161. The average Bonchev–Trinajstić information content (AvgIpc) is 0.925. The Kier molecular flexibility index (Phi) is 70.0. The number of rotatable bonds is 78. The number of esters is 4. The van der Waals surface area contributed by atoms with Crippen molar-refractivity contribution >= 4 is 39.5 Å². The topological polar surface area (TPSA) is 237 Å². The van der Waals surface area contributed by atoms with Crippen molar-refractivity contribution in [3.05, 3.63) is 24.3 Å². The van der Waals surface area contributed by atoms with Gasteiger partial charge in [-0.3, -0.25) is 37.3 Å². The van der Waals surface area contributed by atoms with E-state index in [1.807, 2.05) is 0 Å². The molecule has 0 spiro atoms. The number of ether oxygens (including phenoxy) is 4. The van der Waals surface area contributed by atoms with E-state index in [1.54, 1.807) is 0 Å². The first kappa shape index (κ1) is 98.5. The number of hydrogen-bond acceptors (Lipinski definition) is 15. The van der Waals surface area contributed by atoms with Crippen LogP contribution in [0.25, 0.3) is 0 Å². The fraction of sp³-hybridized carbons (Fsp3) is 0.902. The summed E-state index contributed by atoms with van der Waals surface area (Å²) in [5, 5.41) is 10.6. The number of phosphoric acid groups is 2. The molecule has 0 saturated carbocycles. The van der Waals surface area contributed by atoms with Crippen molar-refractivity contribution < 1.29 is 80.2 Å². The summed E-state index contributed by atoms with van der Waals surface area (Å²) in [6.45, 7) is 11.9. The van der Waals surface area contributed by atoms with E-state index < -0.39 is 97.5 Å². The predicted octanol–water partition coefficient (Wildman–Crippen LogP) is 24.1. The zero-order valence-corrected chi connectivity index (χ0v) is 67.6. The molecule has 0 bridgehead atoms. The standard InChI is InChI=1S/C82H156O17P2/c1-8-9-10-11-12-13-14-15-18-24-30-35-44-51-58-65-82(87)99-78(70-93-80(85)64-57-50-43-38-37-41-48-55-62-75(6)7)72-97-101(90,91)95-68-76(83)67-94-100(88,89)96-71-77(69-92-79(84)63-56-49-42-34-29-26-21-23-28-33-40-47-54-61-74(4)5)98-81(86)66-59-52-45-36-31-25-20-17-16-19-22-27-32-39-46-53-60-73(2)3/h13-15,18,73-78,83H,8-12,16-17,19-72H2,1-7H3,(H,88,89)(H,90,91)/b14-13-,18-15-/t76-,77-,78-/m1/s1. The van der Waals surface area contributed by atoms with Crippen molar-refractivity contribution in [1.29, 1.82) is 0 Å². The van der Waals surface area contributed by atoms with E-state index in [1.165, 1.54) is 193 Å². The van der Waals surface area contributed by atoms with Crippen molar-refractivity contribution in [1.82, 2.24) is 0 Å². The summed E-state index contributed by atoms with van der Waals surface area (Å²) in [5.74, 6) is 0.181. The molecular formula is C82H156O17P2. The molecule has 2 unspecified atom stereocenters. The van der Waals surface area contributed by atoms with Gasteiger partial charge in [-0.1, -0.05) is 349 Å². The van der Waals surface area contributed by atoms with Crippen LogP contribution in [0.5, 0.6) is 0 Å². The molecular weight excluding hydrogens is 1320 g/mol. The Balaban J connectivity index is 5.29. The van der Waals surface area contributed by atoms with E-state index in [4.69, 9.17) is 37.0 Å². The summed E-state index contributed by atoms with van der Waals surface area (Å²) in [7, 11) is -9.94. The lowest BCUT2D eigenvalue weighted by atomic mass is 10.0. The van der Waals surface area contributed by atoms with Crippen molar-refractivity contribution in [2.24, 2.45) is 17.8 Å². The first-order chi connectivity index (χ1) is 48.7. The second kappa shape index (κ2) is 71.8. The lowest BCUT2D eigenvalue weighted by Gasteiger charge is -2.21. The van der Waals surface area contributed by atoms with Gasteiger partial charge in [0.15, 0.2) is 12.2 Å². The largest absolute Gasteiger partial charge is 0.472 e. The van der Waals surface area contributed by atoms with Gasteiger partial charge >= 0.3 is 39.5 Å². The minimum Gasteiger partial charge on any atom is -0.462 e. The molecule has 0 aliphatic rings. The number of phosphoric ester groups is 2. The van der Waals surface area contributed by atoms with Gasteiger partial charge in [0.1, 0.15) is 19.3 Å². The molecule has 101 heavy (non-hydrogen) atoms. The summed E-state index contributed by atoms with van der Waals surface area (Å²) in [5.41, 5.74) is 0. The molecule has 0 heterocycles. The molecule has 0 rings (SSSR count). The smallest absolute Gasteiger partial charge is 0.462 e. The van der Waals surface area contributed by atoms with Crippen LogP contribution in [-0.4, -0.2) is 96.7 Å². The van der Waals surface area contributed by atoms with Crippen LogP contribution in [-0.2, 0) is 65.4 Å². The third-order valence-corrected chi connectivity index (χ3v) is 20.4. The van der Waals surface area contributed by atoms with Crippen LogP contribution < -0.4 is 0 Å². The molecule has 5 atom stereocenters. The molecule has 0 aliphatic carbocycles. The van der Waals surface area contributed by atoms with Crippen molar-refractivity contribution in [2.45, 2.75) is 420 Å². The van der Waals surface area contributed by atoms with Crippen LogP contribution >= 0.6 is 15.6 Å². The van der Waals surface area contributed by atoms with Crippen LogP contribution in [0.3, 0.4) is 0 Å². The second-order valence-corrected chi connectivity index (χ2v) is 33.2. The van der Waals surface area contributed by atoms with Gasteiger partial charge in [-0.05, 0) is 69.1 Å². The molecule has 0 aromatic rings. The van der Waals surface area contributed by atoms with Crippen LogP contribution in [0.2, 0.25) is 0 Å². The molecule has 3 N–H and O–H groups in total. The fourth-order valence-corrected chi connectivity index (χ4v) is 13.7. The highest BCUT2D eigenvalue weighted by molar-refractivity contribution is 7.47.